The Kier molecular flexibility index (Phi) is 38.4. The summed E-state index contributed by atoms with van der Waals surface area (Å²) in [5.74, 6) is -17.1. The summed E-state index contributed by atoms with van der Waals surface area (Å²) >= 11 is 0.792. The van der Waals surface area contributed by atoms with Crippen molar-refractivity contribution in [1.82, 2.24) is 103 Å². The zero-order valence-electron chi connectivity index (χ0n) is 76.7. The molecule has 44 heteroatoms. The van der Waals surface area contributed by atoms with Crippen LogP contribution in [0.4, 0.5) is 0 Å². The van der Waals surface area contributed by atoms with Crippen molar-refractivity contribution in [3.05, 3.63) is 120 Å². The lowest BCUT2D eigenvalue weighted by molar-refractivity contribution is -0.149. The summed E-state index contributed by atoms with van der Waals surface area (Å²) < 4.78 is 0. The standard InChI is InChI=1S/C91H127N23O20S/c1-7-9-22-70-83(126)102-61(21-15-29-92)79(122)109-69(78(121)99-44-76(94)119)47-135-48-77(120)101-65(34-51-25-27-55(116)28-26-51)88(131)113-32-30-95-43-74(113)86(129)107-67(39-75(93)118)89(132)112-31-16-24-71(112)84(127)104-63(37-54-42-96-49-100-54)81(124)105-64(33-50(3)4)90(133)114-45-56(117)38-73(114)85(128)103-62(35-52-40-97-59-19-13-11-17-57(52)59)80(123)108-68(46-115)82(125)106-66(36-53-41-98-60-20-14-12-18-58(53)60)87(130)111(6)72(23-10-8-2)91(134)110(70)5/h11-14,17-20,25-28,40-42,49-50,56,61-74,95,97-98,115-117H,7-10,15-16,21-24,29-39,43-48,92H2,1-6H3,(H2,93,118)(H2,94,119)(H,96,100)(H,99,121)(H,101,120)(H,102,126)(H,103,128)(H,104,127)(H,105,124)(H,106,125)(H,107,129)(H,108,123)(H,109,122)/t56-,61+,62-,63+,64+,65-,66+,67+,68+,69+,70+,71+,72+,73+,74?/m1/s1. The second kappa shape index (κ2) is 49.8. The number of carbonyl (C=O) groups excluding carboxylic acids is 17. The molecule has 17 amide bonds. The van der Waals surface area contributed by atoms with Crippen molar-refractivity contribution in [3.8, 4) is 5.75 Å². The fourth-order valence-electron chi connectivity index (χ4n) is 17.3. The number of nitrogens with zero attached hydrogens (tertiary/aromatic N) is 6. The van der Waals surface area contributed by atoms with Gasteiger partial charge in [-0.3, -0.25) is 81.5 Å². The third-order valence-corrected chi connectivity index (χ3v) is 25.6. The molecule has 15 atom stereocenters. The van der Waals surface area contributed by atoms with E-state index in [1.54, 1.807) is 74.8 Å². The fourth-order valence-corrected chi connectivity index (χ4v) is 18.2. The van der Waals surface area contributed by atoms with Gasteiger partial charge in [0.05, 0.1) is 43.5 Å². The molecule has 4 saturated heterocycles. The molecule has 10 rings (SSSR count). The Morgan fingerprint density at radius 3 is 1.70 bits per heavy atom. The SMILES string of the molecule is CCCC[C@H]1C(=O)N(C)[C@@H](CCCC)C(=O)N[C@@H](CCCN)C(=O)N[C@H](C(=O)NCC(N)=O)CSCC(=O)N[C@H](Cc2ccc(O)cc2)C(=O)N2CCNCC2C(=O)N[C@@H](CC(N)=O)C(=O)N2CCC[C@H]2C(=O)N[C@@H](Cc2c[nH]cn2)C(=O)N[C@@H](CC(C)C)C(=O)N2C[C@H](O)C[C@H]2C(=O)N[C@H](Cc2c[nH]c3ccccc23)C(=O)N[C@@H](CO)C(=O)N[C@@H](Cc2c[nH]c3ccccc23)C(=O)N1C. The fraction of sp³-hybridized carbons (Fsp3) is 0.538. The summed E-state index contributed by atoms with van der Waals surface area (Å²) in [5, 5.41) is 64.0. The number of fused-ring (bicyclic) bond motifs is 5. The summed E-state index contributed by atoms with van der Waals surface area (Å²) in [6.07, 6.45) is 4.11. The number of aromatic nitrogens is 4. The van der Waals surface area contributed by atoms with Crippen LogP contribution in [0.25, 0.3) is 21.8 Å². The molecule has 0 bridgehead atoms. The van der Waals surface area contributed by atoms with E-state index in [4.69, 9.17) is 17.2 Å². The third kappa shape index (κ3) is 28.3. The number of unbranched alkanes of at least 4 members (excludes halogenated alkanes) is 2. The molecule has 0 saturated carbocycles. The van der Waals surface area contributed by atoms with E-state index >= 15 is 47.9 Å². The molecule has 7 heterocycles. The molecule has 43 nitrogen and oxygen atoms in total. The largest absolute Gasteiger partial charge is 0.508 e. The third-order valence-electron chi connectivity index (χ3n) is 24.5. The first-order valence-electron chi connectivity index (χ1n) is 45.7. The van der Waals surface area contributed by atoms with Crippen molar-refractivity contribution in [2.45, 2.75) is 228 Å². The number of aliphatic hydroxyl groups excluding tert-OH is 2. The Bertz CT molecular complexity index is 5190. The molecule has 4 aliphatic rings. The molecule has 0 aliphatic carbocycles. The van der Waals surface area contributed by atoms with Gasteiger partial charge in [-0.1, -0.05) is 102 Å². The number of primary amides is 2. The Morgan fingerprint density at radius 2 is 1.09 bits per heavy atom. The second-order valence-electron chi connectivity index (χ2n) is 35.0. The maximum atomic E-state index is 15.7. The number of likely N-dealkylation sites (N-methyl/N-ethyl adjacent to an activating group) is 2. The lowest BCUT2D eigenvalue weighted by Crippen LogP contribution is -2.65. The van der Waals surface area contributed by atoms with Crippen molar-refractivity contribution < 1.29 is 96.8 Å². The summed E-state index contributed by atoms with van der Waals surface area (Å²) in [7, 11) is 2.72. The Morgan fingerprint density at radius 1 is 0.548 bits per heavy atom. The molecule has 4 fully saturated rings. The average molecular weight is 1900 g/mol. The van der Waals surface area contributed by atoms with Gasteiger partial charge in [-0.25, -0.2) is 4.98 Å². The summed E-state index contributed by atoms with van der Waals surface area (Å²) in [6, 6.07) is -1.81. The number of para-hydroxylation sites is 2. The summed E-state index contributed by atoms with van der Waals surface area (Å²) in [5.41, 5.74) is 20.2. The number of carbonyl (C=O) groups is 17. The first-order chi connectivity index (χ1) is 64.6. The van der Waals surface area contributed by atoms with Gasteiger partial charge < -0.3 is 130 Å². The molecule has 135 heavy (non-hydrogen) atoms. The van der Waals surface area contributed by atoms with Gasteiger partial charge in [-0.05, 0) is 98.4 Å². The van der Waals surface area contributed by atoms with Gasteiger partial charge in [0.1, 0.15) is 90.3 Å². The zero-order chi connectivity index (χ0) is 97.9. The molecular formula is C91H127N23O20S. The number of hydrogen-bond acceptors (Lipinski definition) is 24. The normalized spacial score (nSPS) is 25.3. The highest BCUT2D eigenvalue weighted by Gasteiger charge is 2.47. The number of aromatic hydroxyl groups is 1. The second-order valence-corrected chi connectivity index (χ2v) is 36.1. The highest BCUT2D eigenvalue weighted by Crippen LogP contribution is 2.28. The van der Waals surface area contributed by atoms with Crippen molar-refractivity contribution in [1.29, 1.82) is 0 Å². The number of phenolic OH excluding ortho intramolecular Hbond substituents is 1. The number of H-pyrrole nitrogens is 3. The lowest BCUT2D eigenvalue weighted by Gasteiger charge is -2.38. The van der Waals surface area contributed by atoms with Gasteiger partial charge in [0.25, 0.3) is 0 Å². The van der Waals surface area contributed by atoms with E-state index in [1.807, 2.05) is 13.8 Å². The van der Waals surface area contributed by atoms with E-state index < -0.39 is 229 Å². The minimum Gasteiger partial charge on any atom is -0.508 e. The molecular weight excluding hydrogens is 1770 g/mol. The summed E-state index contributed by atoms with van der Waals surface area (Å²) in [6.45, 7) is 4.53. The quantitative estimate of drug-likeness (QED) is 0.0264. The van der Waals surface area contributed by atoms with E-state index in [9.17, 15) is 48.9 Å². The lowest BCUT2D eigenvalue weighted by atomic mass is 10.00. The van der Waals surface area contributed by atoms with E-state index in [0.717, 1.165) is 31.4 Å². The molecule has 0 radical (unpaired) electrons. The number of imidazole rings is 1. The van der Waals surface area contributed by atoms with Gasteiger partial charge in [-0.2, -0.15) is 0 Å². The number of piperazine rings is 1. The Hall–Kier alpha value is -13.1. The number of phenols is 1. The molecule has 3 aromatic carbocycles. The van der Waals surface area contributed by atoms with E-state index in [-0.39, 0.29) is 127 Å². The highest BCUT2D eigenvalue weighted by atomic mass is 32.2. The van der Waals surface area contributed by atoms with Crippen LogP contribution in [0.5, 0.6) is 5.75 Å². The minimum absolute atomic E-state index is 0.00338. The maximum absolute atomic E-state index is 15.7. The smallest absolute Gasteiger partial charge is 0.246 e. The first kappa shape index (κ1) is 104. The molecule has 1 unspecified atom stereocenters. The number of aromatic amines is 3. The van der Waals surface area contributed by atoms with Gasteiger partial charge in [0.15, 0.2) is 0 Å². The molecule has 4 aliphatic heterocycles. The number of aliphatic hydroxyl groups is 2. The highest BCUT2D eigenvalue weighted by molar-refractivity contribution is 8.00. The number of nitrogens with one attached hydrogen (secondary N) is 14. The number of amides is 17. The maximum Gasteiger partial charge on any atom is 0.246 e. The van der Waals surface area contributed by atoms with Crippen LogP contribution in [0, 0.1) is 5.92 Å². The van der Waals surface area contributed by atoms with Crippen LogP contribution < -0.4 is 75.7 Å². The van der Waals surface area contributed by atoms with Gasteiger partial charge >= 0.3 is 0 Å². The van der Waals surface area contributed by atoms with E-state index in [0.29, 0.717) is 64.2 Å². The molecule has 23 N–H and O–H groups in total. The van der Waals surface area contributed by atoms with Crippen LogP contribution in [-0.4, -0.2) is 329 Å². The topological polar surface area (TPSA) is 638 Å². The number of hydrogen-bond donors (Lipinski definition) is 20. The molecule has 0 spiro atoms. The Balaban J connectivity index is 1.02. The van der Waals surface area contributed by atoms with E-state index in [1.165, 1.54) is 55.8 Å². The van der Waals surface area contributed by atoms with Crippen LogP contribution in [0.15, 0.2) is 97.7 Å². The van der Waals surface area contributed by atoms with Gasteiger partial charge in [0, 0.05) is 125 Å². The molecule has 732 valence electrons. The predicted octanol–water partition coefficient (Wildman–Crippen LogP) is -3.50. The predicted molar refractivity (Wildman–Crippen MR) is 495 cm³/mol. The van der Waals surface area contributed by atoms with Crippen molar-refractivity contribution >= 4 is 134 Å². The number of rotatable bonds is 25. The average Bonchev–Trinajstić information content (AvgIpc) is 1.43. The van der Waals surface area contributed by atoms with Crippen molar-refractivity contribution in [2.24, 2.45) is 23.1 Å². The molecule has 3 aromatic heterocycles. The van der Waals surface area contributed by atoms with Crippen molar-refractivity contribution in [2.75, 3.05) is 78.0 Å². The van der Waals surface area contributed by atoms with Crippen LogP contribution in [0.2, 0.25) is 0 Å². The van der Waals surface area contributed by atoms with Gasteiger partial charge in [0.2, 0.25) is 100 Å². The number of thioether (sulfide) groups is 1. The first-order valence-corrected chi connectivity index (χ1v) is 46.9. The van der Waals surface area contributed by atoms with Crippen LogP contribution in [0.1, 0.15) is 134 Å². The number of nitrogens with two attached hydrogens (primary N) is 3. The summed E-state index contributed by atoms with van der Waals surface area (Å²) in [4.78, 5) is 271. The monoisotopic (exact) mass is 1890 g/mol. The van der Waals surface area contributed by atoms with Gasteiger partial charge in [-0.15, -0.1) is 11.8 Å². The Labute approximate surface area is 784 Å². The van der Waals surface area contributed by atoms with Crippen LogP contribution in [-0.2, 0) is 107 Å². The van der Waals surface area contributed by atoms with Crippen molar-refractivity contribution in [3.63, 3.8) is 0 Å². The van der Waals surface area contributed by atoms with E-state index in [2.05, 4.69) is 78.4 Å². The number of benzene rings is 3. The zero-order valence-corrected chi connectivity index (χ0v) is 77.5. The van der Waals surface area contributed by atoms with Crippen LogP contribution in [0.3, 0.4) is 0 Å². The van der Waals surface area contributed by atoms with Crippen LogP contribution >= 0.6 is 11.8 Å². The molecule has 6 aromatic rings. The minimum atomic E-state index is -1.88.